The third-order valence-electron chi connectivity index (χ3n) is 4.66. The van der Waals surface area contributed by atoms with Crippen LogP contribution in [0.15, 0.2) is 30.6 Å². The summed E-state index contributed by atoms with van der Waals surface area (Å²) in [7, 11) is 4.89. The minimum atomic E-state index is -0.148. The van der Waals surface area contributed by atoms with Crippen molar-refractivity contribution in [2.45, 2.75) is 13.0 Å². The van der Waals surface area contributed by atoms with Gasteiger partial charge in [-0.25, -0.2) is 0 Å². The number of anilines is 1. The smallest absolute Gasteiger partial charge is 0.253 e. The monoisotopic (exact) mass is 371 g/mol. The van der Waals surface area contributed by atoms with Gasteiger partial charge in [-0.1, -0.05) is 0 Å². The summed E-state index contributed by atoms with van der Waals surface area (Å²) in [5.74, 6) is 1.33. The molecular formula is C20H25N3O4. The van der Waals surface area contributed by atoms with Gasteiger partial charge in [0.15, 0.2) is 11.5 Å². The van der Waals surface area contributed by atoms with E-state index in [1.807, 2.05) is 18.2 Å². The van der Waals surface area contributed by atoms with Crippen LogP contribution < -0.4 is 19.7 Å². The summed E-state index contributed by atoms with van der Waals surface area (Å²) < 4.78 is 15.8. The lowest BCUT2D eigenvalue weighted by Gasteiger charge is -2.31. The Morgan fingerprint density at radius 2 is 1.85 bits per heavy atom. The molecule has 3 rings (SSSR count). The molecule has 0 radical (unpaired) electrons. The number of hydrogen-bond donors (Lipinski definition) is 1. The van der Waals surface area contributed by atoms with Crippen LogP contribution in [0.5, 0.6) is 11.5 Å². The van der Waals surface area contributed by atoms with Gasteiger partial charge in [0.1, 0.15) is 0 Å². The standard InChI is InChI=1S/C20H25N3O4/c1-25-7-5-22-20(24)15-8-17(12-21-11-15)23-6-4-14-9-18(26-2)19(27-3)10-16(14)13-23/h8-12H,4-7,13H2,1-3H3,(H,22,24). The van der Waals surface area contributed by atoms with Gasteiger partial charge in [-0.3, -0.25) is 9.78 Å². The van der Waals surface area contributed by atoms with E-state index in [4.69, 9.17) is 14.2 Å². The van der Waals surface area contributed by atoms with Crippen LogP contribution in [0, 0.1) is 0 Å². The highest BCUT2D eigenvalue weighted by atomic mass is 16.5. The number of amides is 1. The van der Waals surface area contributed by atoms with Crippen molar-refractivity contribution in [3.8, 4) is 11.5 Å². The molecule has 7 nitrogen and oxygen atoms in total. The summed E-state index contributed by atoms with van der Waals surface area (Å²) >= 11 is 0. The molecule has 1 amide bonds. The van der Waals surface area contributed by atoms with Crippen LogP contribution >= 0.6 is 0 Å². The van der Waals surface area contributed by atoms with Crippen molar-refractivity contribution in [2.24, 2.45) is 0 Å². The zero-order valence-corrected chi connectivity index (χ0v) is 15.9. The van der Waals surface area contributed by atoms with Crippen LogP contribution in [0.2, 0.25) is 0 Å². The van der Waals surface area contributed by atoms with Crippen LogP contribution in [0.3, 0.4) is 0 Å². The number of aromatic nitrogens is 1. The number of ether oxygens (including phenoxy) is 3. The lowest BCUT2D eigenvalue weighted by molar-refractivity contribution is 0.0936. The molecule has 0 saturated heterocycles. The Morgan fingerprint density at radius 1 is 1.11 bits per heavy atom. The van der Waals surface area contributed by atoms with Crippen LogP contribution in [0.4, 0.5) is 5.69 Å². The Kier molecular flexibility index (Phi) is 6.13. The van der Waals surface area contributed by atoms with Gasteiger partial charge in [-0.05, 0) is 35.7 Å². The zero-order valence-electron chi connectivity index (χ0n) is 15.9. The van der Waals surface area contributed by atoms with Crippen LogP contribution in [0.1, 0.15) is 21.5 Å². The van der Waals surface area contributed by atoms with Gasteiger partial charge in [-0.2, -0.15) is 0 Å². The Labute approximate surface area is 159 Å². The quantitative estimate of drug-likeness (QED) is 0.751. The molecule has 1 aliphatic rings. The molecule has 1 aromatic carbocycles. The Morgan fingerprint density at radius 3 is 2.56 bits per heavy atom. The largest absolute Gasteiger partial charge is 0.493 e. The predicted molar refractivity (Wildman–Crippen MR) is 103 cm³/mol. The fourth-order valence-electron chi connectivity index (χ4n) is 3.20. The predicted octanol–water partition coefficient (Wildman–Crippen LogP) is 2.04. The van der Waals surface area contributed by atoms with Gasteiger partial charge in [0.05, 0.1) is 38.3 Å². The molecule has 2 aromatic rings. The van der Waals surface area contributed by atoms with E-state index in [9.17, 15) is 4.79 Å². The van der Waals surface area contributed by atoms with E-state index in [-0.39, 0.29) is 5.91 Å². The van der Waals surface area contributed by atoms with E-state index in [0.717, 1.165) is 36.7 Å². The van der Waals surface area contributed by atoms with Gasteiger partial charge in [0.2, 0.25) is 0 Å². The van der Waals surface area contributed by atoms with E-state index < -0.39 is 0 Å². The molecule has 0 spiro atoms. The molecule has 1 aliphatic heterocycles. The highest BCUT2D eigenvalue weighted by Gasteiger charge is 2.20. The normalized spacial score (nSPS) is 13.1. The lowest BCUT2D eigenvalue weighted by Crippen LogP contribution is -2.31. The maximum absolute atomic E-state index is 12.3. The van der Waals surface area contributed by atoms with Crippen LogP contribution in [-0.4, -0.2) is 51.9 Å². The summed E-state index contributed by atoms with van der Waals surface area (Å²) in [5, 5.41) is 2.82. The summed E-state index contributed by atoms with van der Waals surface area (Å²) in [6.45, 7) is 2.52. The van der Waals surface area contributed by atoms with Crippen molar-refractivity contribution in [2.75, 3.05) is 45.9 Å². The molecule has 27 heavy (non-hydrogen) atoms. The molecule has 0 atom stereocenters. The Bertz CT molecular complexity index is 810. The maximum Gasteiger partial charge on any atom is 0.253 e. The van der Waals surface area contributed by atoms with Crippen molar-refractivity contribution in [1.82, 2.24) is 10.3 Å². The third kappa shape index (κ3) is 4.31. The number of rotatable bonds is 7. The first-order valence-corrected chi connectivity index (χ1v) is 8.87. The van der Waals surface area contributed by atoms with Crippen molar-refractivity contribution in [3.05, 3.63) is 47.3 Å². The molecule has 2 heterocycles. The second-order valence-corrected chi connectivity index (χ2v) is 6.33. The average Bonchev–Trinajstić information content (AvgIpc) is 2.72. The number of methoxy groups -OCH3 is 3. The summed E-state index contributed by atoms with van der Waals surface area (Å²) in [4.78, 5) is 18.7. The number of carbonyl (C=O) groups excluding carboxylic acids is 1. The molecule has 0 fully saturated rings. The zero-order chi connectivity index (χ0) is 19.2. The number of benzene rings is 1. The van der Waals surface area contributed by atoms with Gasteiger partial charge in [-0.15, -0.1) is 0 Å². The summed E-state index contributed by atoms with van der Waals surface area (Å²) in [5.41, 5.74) is 3.91. The second kappa shape index (κ2) is 8.73. The molecule has 1 aromatic heterocycles. The molecule has 0 saturated carbocycles. The molecule has 144 valence electrons. The SMILES string of the molecule is COCCNC(=O)c1cncc(N2CCc3cc(OC)c(OC)cc3C2)c1. The van der Waals surface area contributed by atoms with Crippen LogP contribution in [-0.2, 0) is 17.7 Å². The van der Waals surface area contributed by atoms with Crippen molar-refractivity contribution >= 4 is 11.6 Å². The maximum atomic E-state index is 12.3. The fourth-order valence-corrected chi connectivity index (χ4v) is 3.20. The van der Waals surface area contributed by atoms with E-state index in [2.05, 4.69) is 15.2 Å². The summed E-state index contributed by atoms with van der Waals surface area (Å²) in [6, 6.07) is 5.94. The fraction of sp³-hybridized carbons (Fsp3) is 0.400. The van der Waals surface area contributed by atoms with Crippen molar-refractivity contribution in [1.29, 1.82) is 0 Å². The second-order valence-electron chi connectivity index (χ2n) is 6.33. The average molecular weight is 371 g/mol. The Balaban J connectivity index is 1.77. The number of nitrogens with one attached hydrogen (secondary N) is 1. The highest BCUT2D eigenvalue weighted by molar-refractivity contribution is 5.94. The number of hydrogen-bond acceptors (Lipinski definition) is 6. The lowest BCUT2D eigenvalue weighted by atomic mass is 9.98. The topological polar surface area (TPSA) is 72.9 Å². The van der Waals surface area contributed by atoms with Gasteiger partial charge < -0.3 is 24.4 Å². The minimum absolute atomic E-state index is 0.148. The Hall–Kier alpha value is -2.80. The minimum Gasteiger partial charge on any atom is -0.493 e. The van der Waals surface area contributed by atoms with E-state index in [1.165, 1.54) is 11.1 Å². The van der Waals surface area contributed by atoms with Crippen molar-refractivity contribution in [3.63, 3.8) is 0 Å². The molecule has 0 unspecified atom stereocenters. The highest BCUT2D eigenvalue weighted by Crippen LogP contribution is 2.34. The first-order chi connectivity index (χ1) is 13.2. The molecule has 7 heteroatoms. The number of pyridine rings is 1. The third-order valence-corrected chi connectivity index (χ3v) is 4.66. The number of nitrogens with zero attached hydrogens (tertiary/aromatic N) is 2. The van der Waals surface area contributed by atoms with E-state index in [0.29, 0.717) is 18.7 Å². The van der Waals surface area contributed by atoms with E-state index in [1.54, 1.807) is 33.7 Å². The first kappa shape index (κ1) is 19.0. The molecule has 0 aliphatic carbocycles. The number of fused-ring (bicyclic) bond motifs is 1. The first-order valence-electron chi connectivity index (χ1n) is 8.87. The molecule has 0 bridgehead atoms. The van der Waals surface area contributed by atoms with E-state index >= 15 is 0 Å². The van der Waals surface area contributed by atoms with Crippen molar-refractivity contribution < 1.29 is 19.0 Å². The molecule has 1 N–H and O–H groups in total. The van der Waals surface area contributed by atoms with Gasteiger partial charge in [0, 0.05) is 32.9 Å². The molecular weight excluding hydrogens is 346 g/mol. The number of carbonyl (C=O) groups is 1. The summed E-state index contributed by atoms with van der Waals surface area (Å²) in [6.07, 6.45) is 4.26. The van der Waals surface area contributed by atoms with Gasteiger partial charge >= 0.3 is 0 Å². The van der Waals surface area contributed by atoms with Crippen LogP contribution in [0.25, 0.3) is 0 Å². The van der Waals surface area contributed by atoms with Gasteiger partial charge in [0.25, 0.3) is 5.91 Å².